The van der Waals surface area contributed by atoms with Crippen LogP contribution in [0.2, 0.25) is 0 Å². The highest BCUT2D eigenvalue weighted by Crippen LogP contribution is 2.37. The predicted octanol–water partition coefficient (Wildman–Crippen LogP) is 2.89. The molecule has 1 aromatic carbocycles. The highest BCUT2D eigenvalue weighted by Gasteiger charge is 2.18. The van der Waals surface area contributed by atoms with Gasteiger partial charge in [0.05, 0.1) is 37.7 Å². The van der Waals surface area contributed by atoms with Gasteiger partial charge in [0.15, 0.2) is 17.1 Å². The number of para-hydroxylation sites is 1. The van der Waals surface area contributed by atoms with Crippen molar-refractivity contribution in [1.29, 1.82) is 0 Å². The van der Waals surface area contributed by atoms with Gasteiger partial charge in [-0.25, -0.2) is 14.8 Å². The largest absolute Gasteiger partial charge is 0.494 e. The summed E-state index contributed by atoms with van der Waals surface area (Å²) < 4.78 is 7.02. The number of anilines is 4. The van der Waals surface area contributed by atoms with E-state index >= 15 is 0 Å². The van der Waals surface area contributed by atoms with Crippen LogP contribution in [0.25, 0.3) is 27.3 Å². The van der Waals surface area contributed by atoms with Gasteiger partial charge in [-0.2, -0.15) is 4.80 Å². The topological polar surface area (TPSA) is 145 Å². The highest BCUT2D eigenvalue weighted by molar-refractivity contribution is 5.94. The molecule has 0 amide bonds. The third-order valence-corrected chi connectivity index (χ3v) is 5.18. The van der Waals surface area contributed by atoms with Crippen molar-refractivity contribution in [1.82, 2.24) is 40.0 Å². The number of benzene rings is 1. The molecule has 174 valence electrons. The van der Waals surface area contributed by atoms with Crippen LogP contribution >= 0.6 is 0 Å². The Labute approximate surface area is 198 Å². The minimum Gasteiger partial charge on any atom is -0.494 e. The highest BCUT2D eigenvalue weighted by atomic mass is 16.5. The van der Waals surface area contributed by atoms with Crippen molar-refractivity contribution in [2.24, 2.45) is 14.1 Å². The average molecular weight is 469 g/mol. The Kier molecular flexibility index (Phi) is 5.30. The van der Waals surface area contributed by atoms with Crippen LogP contribution in [-0.2, 0) is 14.1 Å². The Hall–Kier alpha value is -5.25. The third-order valence-electron chi connectivity index (χ3n) is 5.18. The van der Waals surface area contributed by atoms with E-state index in [2.05, 4.69) is 46.0 Å². The summed E-state index contributed by atoms with van der Waals surface area (Å²) in [6.45, 7) is 7.21. The summed E-state index contributed by atoms with van der Waals surface area (Å²) in [5, 5.41) is 21.9. The molecule has 13 nitrogen and oxygen atoms in total. The number of nitrogens with zero attached hydrogens (tertiary/aromatic N) is 8. The Balaban J connectivity index is 1.61. The molecule has 4 aromatic heterocycles. The third kappa shape index (κ3) is 4.00. The van der Waals surface area contributed by atoms with Crippen molar-refractivity contribution < 1.29 is 4.74 Å². The Morgan fingerprint density at radius 1 is 1.11 bits per heavy atom. The number of rotatable bonds is 6. The van der Waals surface area contributed by atoms with E-state index in [4.69, 9.17) is 11.3 Å². The van der Waals surface area contributed by atoms with Crippen LogP contribution in [0.1, 0.15) is 0 Å². The maximum atomic E-state index is 12.9. The van der Waals surface area contributed by atoms with Crippen LogP contribution in [0.5, 0.6) is 5.75 Å². The quantitative estimate of drug-likeness (QED) is 0.320. The number of nitrogens with one attached hydrogen (secondary N) is 3. The fourth-order valence-electron chi connectivity index (χ4n) is 3.64. The van der Waals surface area contributed by atoms with Crippen molar-refractivity contribution >= 4 is 39.7 Å². The second kappa shape index (κ2) is 8.60. The maximum absolute atomic E-state index is 12.9. The number of hydrogen-bond donors (Lipinski definition) is 3. The first-order chi connectivity index (χ1) is 17.0. The van der Waals surface area contributed by atoms with E-state index in [1.54, 1.807) is 39.4 Å². The van der Waals surface area contributed by atoms with Gasteiger partial charge in [-0.05, 0) is 29.5 Å². The van der Waals surface area contributed by atoms with E-state index in [1.807, 2.05) is 18.2 Å². The standard InChI is InChI=1S/C22H19N11O2/c1-23-12-8-9-24-16(10-12)26-17-11-15(18-21(27-17)29-32(2)22(18)34)25-14-7-5-6-13(19(14)35-4)20-28-31-33(3)30-20/h5-11H,2-4H3,(H3,24,25,26,27,29). The van der Waals surface area contributed by atoms with Crippen LogP contribution in [-0.4, -0.2) is 47.1 Å². The summed E-state index contributed by atoms with van der Waals surface area (Å²) in [5.74, 6) is 1.75. The second-order valence-corrected chi connectivity index (χ2v) is 7.50. The lowest BCUT2D eigenvalue weighted by atomic mass is 10.1. The molecule has 0 aliphatic rings. The van der Waals surface area contributed by atoms with Crippen molar-refractivity contribution in [2.75, 3.05) is 17.7 Å². The molecule has 13 heteroatoms. The van der Waals surface area contributed by atoms with Gasteiger partial charge in [0.1, 0.15) is 17.0 Å². The van der Waals surface area contributed by atoms with Crippen molar-refractivity contribution in [2.45, 2.75) is 0 Å². The van der Waals surface area contributed by atoms with E-state index in [1.165, 1.54) is 15.7 Å². The van der Waals surface area contributed by atoms with Crippen LogP contribution in [0.4, 0.5) is 28.7 Å². The Morgan fingerprint density at radius 3 is 2.71 bits per heavy atom. The van der Waals surface area contributed by atoms with E-state index in [0.29, 0.717) is 56.9 Å². The van der Waals surface area contributed by atoms with Crippen LogP contribution in [0.3, 0.4) is 0 Å². The minimum atomic E-state index is -0.250. The molecule has 5 rings (SSSR count). The Bertz CT molecular complexity index is 1660. The van der Waals surface area contributed by atoms with Gasteiger partial charge in [-0.15, -0.1) is 10.2 Å². The number of aromatic amines is 1. The molecule has 3 N–H and O–H groups in total. The summed E-state index contributed by atoms with van der Waals surface area (Å²) >= 11 is 0. The number of aryl methyl sites for hydroxylation is 2. The first-order valence-electron chi connectivity index (χ1n) is 10.4. The normalized spacial score (nSPS) is 10.8. The number of tetrazole rings is 1. The lowest BCUT2D eigenvalue weighted by Crippen LogP contribution is -2.12. The average Bonchev–Trinajstić information content (AvgIpc) is 3.41. The first-order valence-corrected chi connectivity index (χ1v) is 10.4. The maximum Gasteiger partial charge on any atom is 0.277 e. The SMILES string of the molecule is [C-]#[N+]c1ccnc(Nc2cc(Nc3cccc(-c4nnn(C)n4)c3OC)c3c(=O)n(C)[nH]c3n2)c1. The summed E-state index contributed by atoms with van der Waals surface area (Å²) in [6, 6.07) is 10.4. The molecule has 35 heavy (non-hydrogen) atoms. The zero-order chi connectivity index (χ0) is 24.5. The summed E-state index contributed by atoms with van der Waals surface area (Å²) in [4.78, 5) is 26.4. The van der Waals surface area contributed by atoms with Gasteiger partial charge < -0.3 is 15.4 Å². The van der Waals surface area contributed by atoms with Crippen molar-refractivity contribution in [3.8, 4) is 17.1 Å². The molecular weight excluding hydrogens is 450 g/mol. The van der Waals surface area contributed by atoms with Crippen molar-refractivity contribution in [3.63, 3.8) is 0 Å². The van der Waals surface area contributed by atoms with Crippen LogP contribution < -0.4 is 20.9 Å². The number of fused-ring (bicyclic) bond motifs is 1. The molecule has 0 fully saturated rings. The number of H-pyrrole nitrogens is 1. The van der Waals surface area contributed by atoms with Crippen LogP contribution in [0, 0.1) is 6.57 Å². The van der Waals surface area contributed by atoms with Crippen molar-refractivity contribution in [3.05, 3.63) is 64.4 Å². The molecule has 0 aliphatic heterocycles. The minimum absolute atomic E-state index is 0.250. The summed E-state index contributed by atoms with van der Waals surface area (Å²) in [5.41, 5.74) is 2.28. The lowest BCUT2D eigenvalue weighted by molar-refractivity contribution is 0.418. The molecule has 0 atom stereocenters. The number of aromatic nitrogens is 8. The van der Waals surface area contributed by atoms with Gasteiger partial charge >= 0.3 is 0 Å². The van der Waals surface area contributed by atoms with Gasteiger partial charge in [0.2, 0.25) is 5.82 Å². The zero-order valence-corrected chi connectivity index (χ0v) is 18.9. The van der Waals surface area contributed by atoms with E-state index in [9.17, 15) is 4.79 Å². The van der Waals surface area contributed by atoms with Crippen LogP contribution in [0.15, 0.2) is 47.4 Å². The Morgan fingerprint density at radius 2 is 1.97 bits per heavy atom. The van der Waals surface area contributed by atoms with Gasteiger partial charge in [-0.3, -0.25) is 14.6 Å². The van der Waals surface area contributed by atoms with Gasteiger partial charge in [0, 0.05) is 19.3 Å². The van der Waals surface area contributed by atoms with E-state index in [0.717, 1.165) is 0 Å². The zero-order valence-electron chi connectivity index (χ0n) is 18.9. The summed E-state index contributed by atoms with van der Waals surface area (Å²) in [7, 11) is 4.83. The van der Waals surface area contributed by atoms with Gasteiger partial charge in [0.25, 0.3) is 5.56 Å². The molecule has 0 radical (unpaired) electrons. The summed E-state index contributed by atoms with van der Waals surface area (Å²) in [6.07, 6.45) is 1.54. The predicted molar refractivity (Wildman–Crippen MR) is 129 cm³/mol. The van der Waals surface area contributed by atoms with Gasteiger partial charge in [-0.1, -0.05) is 6.07 Å². The molecule has 0 bridgehead atoms. The second-order valence-electron chi connectivity index (χ2n) is 7.50. The monoisotopic (exact) mass is 469 g/mol. The fourth-order valence-corrected chi connectivity index (χ4v) is 3.64. The molecule has 4 heterocycles. The lowest BCUT2D eigenvalue weighted by Gasteiger charge is -2.15. The molecule has 0 saturated heterocycles. The molecule has 5 aromatic rings. The molecule has 0 aliphatic carbocycles. The van der Waals surface area contributed by atoms with E-state index < -0.39 is 0 Å². The number of hydrogen-bond acceptors (Lipinski definition) is 9. The number of pyridine rings is 2. The van der Waals surface area contributed by atoms with E-state index in [-0.39, 0.29) is 5.56 Å². The molecular formula is C22H19N11O2. The smallest absolute Gasteiger partial charge is 0.277 e. The first kappa shape index (κ1) is 21.6. The molecule has 0 spiro atoms. The number of ether oxygens (including phenoxy) is 1. The molecule has 0 unspecified atom stereocenters. The fraction of sp³-hybridized carbons (Fsp3) is 0.136. The molecule has 0 saturated carbocycles. The number of methoxy groups -OCH3 is 1.